The van der Waals surface area contributed by atoms with E-state index in [1.807, 2.05) is 36.4 Å². The zero-order valence-electron chi connectivity index (χ0n) is 16.2. The Hall–Kier alpha value is -3.45. The van der Waals surface area contributed by atoms with E-state index in [1.165, 1.54) is 12.3 Å². The van der Waals surface area contributed by atoms with Crippen LogP contribution in [0, 0.1) is 0 Å². The van der Waals surface area contributed by atoms with Crippen LogP contribution in [0.15, 0.2) is 60.7 Å². The summed E-state index contributed by atoms with van der Waals surface area (Å²) in [5.41, 5.74) is 3.93. The molecule has 0 aromatic heterocycles. The molecule has 1 N–H and O–H groups in total. The number of amides is 1. The number of anilines is 1. The highest BCUT2D eigenvalue weighted by molar-refractivity contribution is 7.90. The van der Waals surface area contributed by atoms with Crippen molar-refractivity contribution >= 4 is 27.7 Å². The van der Waals surface area contributed by atoms with Gasteiger partial charge in [-0.15, -0.1) is 0 Å². The summed E-state index contributed by atoms with van der Waals surface area (Å²) < 4.78 is 28.9. The van der Waals surface area contributed by atoms with E-state index in [1.54, 1.807) is 18.2 Å². The Morgan fingerprint density at radius 1 is 0.967 bits per heavy atom. The van der Waals surface area contributed by atoms with Crippen LogP contribution in [0.3, 0.4) is 0 Å². The maximum absolute atomic E-state index is 12.5. The highest BCUT2D eigenvalue weighted by atomic mass is 32.2. The van der Waals surface area contributed by atoms with Crippen molar-refractivity contribution in [3.05, 3.63) is 77.4 Å². The number of carbonyl (C=O) groups excluding carboxylic acids is 2. The van der Waals surface area contributed by atoms with Gasteiger partial charge in [0.15, 0.2) is 5.75 Å². The number of aryl methyl sites for hydroxylation is 1. The number of sulfone groups is 1. The molecule has 0 radical (unpaired) electrons. The van der Waals surface area contributed by atoms with Crippen LogP contribution in [0.2, 0.25) is 0 Å². The largest absolute Gasteiger partial charge is 0.454 e. The maximum atomic E-state index is 12.5. The quantitative estimate of drug-likeness (QED) is 0.626. The molecule has 0 saturated carbocycles. The zero-order valence-corrected chi connectivity index (χ0v) is 17.0. The minimum atomic E-state index is -3.04. The first-order valence-electron chi connectivity index (χ1n) is 9.32. The van der Waals surface area contributed by atoms with Crippen LogP contribution in [0.1, 0.15) is 26.3 Å². The van der Waals surface area contributed by atoms with Crippen molar-refractivity contribution < 1.29 is 22.7 Å². The second-order valence-electron chi connectivity index (χ2n) is 7.22. The van der Waals surface area contributed by atoms with E-state index in [0.29, 0.717) is 41.0 Å². The third-order valence-corrected chi connectivity index (χ3v) is 5.80. The van der Waals surface area contributed by atoms with Gasteiger partial charge in [-0.2, -0.15) is 0 Å². The highest BCUT2D eigenvalue weighted by Gasteiger charge is 2.21. The number of benzene rings is 3. The van der Waals surface area contributed by atoms with Gasteiger partial charge in [0.05, 0.1) is 17.0 Å². The molecule has 0 saturated heterocycles. The third kappa shape index (κ3) is 4.26. The van der Waals surface area contributed by atoms with Gasteiger partial charge in [0.2, 0.25) is 0 Å². The first kappa shape index (κ1) is 19.8. The van der Waals surface area contributed by atoms with Gasteiger partial charge in [0.1, 0.15) is 21.9 Å². The average Bonchev–Trinajstić information content (AvgIpc) is 2.86. The summed E-state index contributed by atoms with van der Waals surface area (Å²) in [4.78, 5) is 23.6. The molecule has 0 unspecified atom stereocenters. The molecule has 3 aromatic rings. The molecule has 7 heteroatoms. The molecular weight excluding hydrogens is 402 g/mol. The smallest absolute Gasteiger partial charge is 0.259 e. The second kappa shape index (κ2) is 7.76. The Kier molecular flexibility index (Phi) is 5.13. The van der Waals surface area contributed by atoms with Crippen molar-refractivity contribution in [3.8, 4) is 22.6 Å². The highest BCUT2D eigenvalue weighted by Crippen LogP contribution is 2.38. The number of hydrogen-bond donors (Lipinski definition) is 1. The van der Waals surface area contributed by atoms with Gasteiger partial charge >= 0.3 is 0 Å². The van der Waals surface area contributed by atoms with Crippen molar-refractivity contribution in [1.82, 2.24) is 0 Å². The lowest BCUT2D eigenvalue weighted by molar-refractivity contribution is 0.102. The average molecular weight is 421 g/mol. The van der Waals surface area contributed by atoms with E-state index in [0.717, 1.165) is 16.7 Å². The van der Waals surface area contributed by atoms with Crippen LogP contribution in [0.25, 0.3) is 11.1 Å². The van der Waals surface area contributed by atoms with Crippen LogP contribution in [-0.4, -0.2) is 32.6 Å². The minimum absolute atomic E-state index is 0.0926. The third-order valence-electron chi connectivity index (χ3n) is 4.86. The van der Waals surface area contributed by atoms with Crippen LogP contribution in [0.4, 0.5) is 5.69 Å². The fourth-order valence-corrected chi connectivity index (χ4v) is 3.90. The molecule has 0 bridgehead atoms. The van der Waals surface area contributed by atoms with Crippen molar-refractivity contribution in [2.45, 2.75) is 6.42 Å². The maximum Gasteiger partial charge on any atom is 0.259 e. The van der Waals surface area contributed by atoms with Crippen molar-refractivity contribution in [1.29, 1.82) is 0 Å². The van der Waals surface area contributed by atoms with Crippen LogP contribution >= 0.6 is 0 Å². The fourth-order valence-electron chi connectivity index (χ4n) is 3.29. The number of fused-ring (bicyclic) bond motifs is 2. The number of rotatable bonds is 5. The van der Waals surface area contributed by atoms with E-state index in [2.05, 4.69) is 5.32 Å². The van der Waals surface area contributed by atoms with E-state index in [9.17, 15) is 18.0 Å². The van der Waals surface area contributed by atoms with Gasteiger partial charge in [0, 0.05) is 11.8 Å². The monoisotopic (exact) mass is 421 g/mol. The van der Waals surface area contributed by atoms with Gasteiger partial charge in [0.25, 0.3) is 5.91 Å². The lowest BCUT2D eigenvalue weighted by Crippen LogP contribution is -2.10. The SMILES string of the molecule is CS(=O)(=O)CCc1cccc(-c2ccc3c(c2)Oc2ccc(C=O)cc2C(=O)N3)c1. The molecule has 0 atom stereocenters. The Morgan fingerprint density at radius 2 is 1.77 bits per heavy atom. The second-order valence-corrected chi connectivity index (χ2v) is 9.48. The summed E-state index contributed by atoms with van der Waals surface area (Å²) in [5, 5.41) is 2.81. The van der Waals surface area contributed by atoms with E-state index < -0.39 is 9.84 Å². The number of ether oxygens (including phenoxy) is 1. The lowest BCUT2D eigenvalue weighted by Gasteiger charge is -2.11. The zero-order chi connectivity index (χ0) is 21.3. The van der Waals surface area contributed by atoms with Crippen molar-refractivity contribution in [3.63, 3.8) is 0 Å². The van der Waals surface area contributed by atoms with Gasteiger partial charge in [-0.25, -0.2) is 8.42 Å². The summed E-state index contributed by atoms with van der Waals surface area (Å²) in [7, 11) is -3.04. The van der Waals surface area contributed by atoms with Gasteiger partial charge in [-0.3, -0.25) is 9.59 Å². The summed E-state index contributed by atoms with van der Waals surface area (Å²) in [6.45, 7) is 0. The summed E-state index contributed by atoms with van der Waals surface area (Å²) >= 11 is 0. The number of nitrogens with one attached hydrogen (secondary N) is 1. The van der Waals surface area contributed by atoms with Gasteiger partial charge < -0.3 is 10.1 Å². The molecule has 152 valence electrons. The molecule has 1 amide bonds. The minimum Gasteiger partial charge on any atom is -0.454 e. The Bertz CT molecular complexity index is 1260. The van der Waals surface area contributed by atoms with E-state index in [-0.39, 0.29) is 11.7 Å². The molecule has 1 aliphatic rings. The first-order valence-corrected chi connectivity index (χ1v) is 11.4. The Morgan fingerprint density at radius 3 is 2.53 bits per heavy atom. The number of carbonyl (C=O) groups is 2. The molecular formula is C23H19NO5S. The molecule has 3 aromatic carbocycles. The summed E-state index contributed by atoms with van der Waals surface area (Å²) in [5.74, 6) is 0.605. The predicted molar refractivity (Wildman–Crippen MR) is 115 cm³/mol. The predicted octanol–water partition coefficient (Wildman–Crippen LogP) is 4.11. The molecule has 0 spiro atoms. The molecule has 1 heterocycles. The molecule has 0 fully saturated rings. The Balaban J connectivity index is 1.67. The molecule has 4 rings (SSSR count). The van der Waals surface area contributed by atoms with Gasteiger partial charge in [-0.05, 0) is 53.4 Å². The van der Waals surface area contributed by atoms with E-state index >= 15 is 0 Å². The van der Waals surface area contributed by atoms with E-state index in [4.69, 9.17) is 4.74 Å². The first-order chi connectivity index (χ1) is 14.3. The normalized spacial score (nSPS) is 12.8. The van der Waals surface area contributed by atoms with Crippen molar-refractivity contribution in [2.24, 2.45) is 0 Å². The standard InChI is InChI=1S/C23H19NO5S/c1-30(27,28)10-9-15-3-2-4-17(11-15)18-6-7-20-22(13-18)29-21-8-5-16(14-25)12-19(21)23(26)24-20/h2-8,11-14H,9-10H2,1H3,(H,24,26). The van der Waals surface area contributed by atoms with Crippen molar-refractivity contribution in [2.75, 3.05) is 17.3 Å². The van der Waals surface area contributed by atoms with Crippen LogP contribution in [0.5, 0.6) is 11.5 Å². The lowest BCUT2D eigenvalue weighted by atomic mass is 10.0. The summed E-state index contributed by atoms with van der Waals surface area (Å²) in [6.07, 6.45) is 2.35. The molecule has 30 heavy (non-hydrogen) atoms. The van der Waals surface area contributed by atoms with Crippen LogP contribution < -0.4 is 10.1 Å². The van der Waals surface area contributed by atoms with Gasteiger partial charge in [-0.1, -0.05) is 30.3 Å². The molecule has 1 aliphatic heterocycles. The summed E-state index contributed by atoms with van der Waals surface area (Å²) in [6, 6.07) is 17.8. The number of hydrogen-bond acceptors (Lipinski definition) is 5. The van der Waals surface area contributed by atoms with Crippen LogP contribution in [-0.2, 0) is 16.3 Å². The molecule has 6 nitrogen and oxygen atoms in total. The fraction of sp³-hybridized carbons (Fsp3) is 0.130. The topological polar surface area (TPSA) is 89.5 Å². The number of aldehydes is 1. The molecule has 0 aliphatic carbocycles. The Labute approximate surface area is 174 Å².